The number of rotatable bonds is 4. The third kappa shape index (κ3) is 4.68. The number of carbonyl (C=O) groups is 2. The van der Waals surface area contributed by atoms with Crippen LogP contribution < -0.4 is 5.32 Å². The Labute approximate surface area is 160 Å². The van der Waals surface area contributed by atoms with Gasteiger partial charge >= 0.3 is 0 Å². The highest BCUT2D eigenvalue weighted by Gasteiger charge is 2.31. The van der Waals surface area contributed by atoms with E-state index in [1.807, 2.05) is 18.2 Å². The Morgan fingerprint density at radius 1 is 1.11 bits per heavy atom. The maximum Gasteiger partial charge on any atom is 0.245 e. The molecule has 1 aromatic carbocycles. The predicted octanol–water partition coefficient (Wildman–Crippen LogP) is 0.748. The number of hydrogen-bond acceptors (Lipinski definition) is 4. The molecule has 2 heterocycles. The first-order valence-corrected chi connectivity index (χ1v) is 11.2. The average molecular weight is 394 g/mol. The van der Waals surface area contributed by atoms with Crippen LogP contribution >= 0.6 is 0 Å². The number of carbonyl (C=O) groups excluding carboxylic acids is 2. The van der Waals surface area contributed by atoms with E-state index in [1.165, 1.54) is 16.1 Å². The van der Waals surface area contributed by atoms with Gasteiger partial charge in [-0.15, -0.1) is 0 Å². The minimum Gasteiger partial charge on any atom is -0.344 e. The minimum atomic E-state index is -3.21. The molecule has 0 spiro atoms. The maximum absolute atomic E-state index is 12.7. The maximum atomic E-state index is 12.7. The molecule has 1 N–H and O–H groups in total. The van der Waals surface area contributed by atoms with Crippen LogP contribution in [0.2, 0.25) is 0 Å². The molecule has 0 bridgehead atoms. The Morgan fingerprint density at radius 2 is 1.74 bits per heavy atom. The second-order valence-electron chi connectivity index (χ2n) is 7.45. The zero-order chi connectivity index (χ0) is 19.6. The first kappa shape index (κ1) is 19.8. The van der Waals surface area contributed by atoms with Crippen molar-refractivity contribution >= 4 is 21.8 Å². The Morgan fingerprint density at radius 3 is 2.37 bits per heavy atom. The summed E-state index contributed by atoms with van der Waals surface area (Å²) in [5.41, 5.74) is 2.43. The third-order valence-electron chi connectivity index (χ3n) is 5.47. The Kier molecular flexibility index (Phi) is 5.86. The standard InChI is InChI=1S/C19H27N3O4S/c1-14(19(24)21-10-7-15-5-3-4-6-17(15)13-21)20-18(23)16-8-11-22(12-9-16)27(2,25)26/h3-6,14,16H,7-13H2,1-2H3,(H,20,23)/t14-/m0/s1. The third-order valence-corrected chi connectivity index (χ3v) is 6.77. The van der Waals surface area contributed by atoms with Crippen molar-refractivity contribution in [3.05, 3.63) is 35.4 Å². The molecule has 0 radical (unpaired) electrons. The van der Waals surface area contributed by atoms with Crippen LogP contribution in [0.4, 0.5) is 0 Å². The van der Waals surface area contributed by atoms with E-state index in [-0.39, 0.29) is 17.7 Å². The molecule has 1 saturated heterocycles. The SMILES string of the molecule is C[C@H](NC(=O)C1CCN(S(C)(=O)=O)CC1)C(=O)N1CCc2ccccc2C1. The lowest BCUT2D eigenvalue weighted by Gasteiger charge is -2.32. The number of nitrogens with zero attached hydrogens (tertiary/aromatic N) is 2. The first-order valence-electron chi connectivity index (χ1n) is 9.37. The number of nitrogens with one attached hydrogen (secondary N) is 1. The van der Waals surface area contributed by atoms with E-state index in [0.29, 0.717) is 39.0 Å². The van der Waals surface area contributed by atoms with E-state index in [9.17, 15) is 18.0 Å². The highest BCUT2D eigenvalue weighted by atomic mass is 32.2. The number of piperidine rings is 1. The van der Waals surface area contributed by atoms with Gasteiger partial charge in [0.1, 0.15) is 6.04 Å². The van der Waals surface area contributed by atoms with Crippen molar-refractivity contribution in [2.45, 2.75) is 38.8 Å². The zero-order valence-corrected chi connectivity index (χ0v) is 16.7. The number of benzene rings is 1. The summed E-state index contributed by atoms with van der Waals surface area (Å²) in [6.45, 7) is 3.64. The second kappa shape index (κ2) is 7.98. The van der Waals surface area contributed by atoms with Gasteiger partial charge < -0.3 is 10.2 Å². The number of hydrogen-bond donors (Lipinski definition) is 1. The fourth-order valence-corrected chi connectivity index (χ4v) is 4.67. The van der Waals surface area contributed by atoms with E-state index in [1.54, 1.807) is 11.8 Å². The van der Waals surface area contributed by atoms with Gasteiger partial charge in [0.2, 0.25) is 21.8 Å². The summed E-state index contributed by atoms with van der Waals surface area (Å²) in [6.07, 6.45) is 2.98. The van der Waals surface area contributed by atoms with Crippen molar-refractivity contribution < 1.29 is 18.0 Å². The number of amides is 2. The van der Waals surface area contributed by atoms with Gasteiger partial charge in [0.05, 0.1) is 6.26 Å². The van der Waals surface area contributed by atoms with Crippen molar-refractivity contribution in [3.8, 4) is 0 Å². The molecule has 27 heavy (non-hydrogen) atoms. The molecule has 3 rings (SSSR count). The fourth-order valence-electron chi connectivity index (χ4n) is 3.80. The lowest BCUT2D eigenvalue weighted by atomic mass is 9.96. The molecule has 148 valence electrons. The fraction of sp³-hybridized carbons (Fsp3) is 0.579. The quantitative estimate of drug-likeness (QED) is 0.818. The van der Waals surface area contributed by atoms with Gasteiger partial charge in [-0.1, -0.05) is 24.3 Å². The number of sulfonamides is 1. The molecule has 0 saturated carbocycles. The zero-order valence-electron chi connectivity index (χ0n) is 15.8. The van der Waals surface area contributed by atoms with Gasteiger partial charge in [0.15, 0.2) is 0 Å². The van der Waals surface area contributed by atoms with E-state index >= 15 is 0 Å². The Hall–Kier alpha value is -1.93. The Balaban J connectivity index is 1.52. The molecule has 2 aliphatic rings. The highest BCUT2D eigenvalue weighted by molar-refractivity contribution is 7.88. The van der Waals surface area contributed by atoms with E-state index in [0.717, 1.165) is 12.0 Å². The summed E-state index contributed by atoms with van der Waals surface area (Å²) in [5.74, 6) is -0.492. The van der Waals surface area contributed by atoms with Crippen molar-refractivity contribution in [2.75, 3.05) is 25.9 Å². The molecular formula is C19H27N3O4S. The molecule has 1 atom stereocenters. The van der Waals surface area contributed by atoms with Gasteiger partial charge in [-0.2, -0.15) is 0 Å². The van der Waals surface area contributed by atoms with Gasteiger partial charge in [-0.25, -0.2) is 12.7 Å². The smallest absolute Gasteiger partial charge is 0.245 e. The minimum absolute atomic E-state index is 0.0774. The van der Waals surface area contributed by atoms with Crippen LogP contribution in [0.1, 0.15) is 30.9 Å². The monoisotopic (exact) mass is 393 g/mol. The largest absolute Gasteiger partial charge is 0.344 e. The topological polar surface area (TPSA) is 86.8 Å². The lowest BCUT2D eigenvalue weighted by Crippen LogP contribution is -2.51. The molecule has 7 nitrogen and oxygen atoms in total. The van der Waals surface area contributed by atoms with Gasteiger partial charge in [-0.3, -0.25) is 9.59 Å². The van der Waals surface area contributed by atoms with Crippen LogP contribution in [0, 0.1) is 5.92 Å². The molecule has 0 aromatic heterocycles. The van der Waals surface area contributed by atoms with Crippen molar-refractivity contribution in [1.29, 1.82) is 0 Å². The van der Waals surface area contributed by atoms with Crippen LogP contribution in [0.3, 0.4) is 0 Å². The first-order chi connectivity index (χ1) is 12.8. The normalized spacial score (nSPS) is 20.0. The summed E-state index contributed by atoms with van der Waals surface area (Å²) in [6, 6.07) is 7.52. The van der Waals surface area contributed by atoms with Crippen molar-refractivity contribution in [3.63, 3.8) is 0 Å². The predicted molar refractivity (Wildman–Crippen MR) is 102 cm³/mol. The lowest BCUT2D eigenvalue weighted by molar-refractivity contribution is -0.138. The summed E-state index contributed by atoms with van der Waals surface area (Å²) in [7, 11) is -3.21. The van der Waals surface area contributed by atoms with Crippen molar-refractivity contribution in [1.82, 2.24) is 14.5 Å². The molecule has 0 aliphatic carbocycles. The summed E-state index contributed by atoms with van der Waals surface area (Å²) in [5, 5.41) is 2.83. The summed E-state index contributed by atoms with van der Waals surface area (Å²) >= 11 is 0. The van der Waals surface area contributed by atoms with Crippen LogP contribution in [0.25, 0.3) is 0 Å². The van der Waals surface area contributed by atoms with Crippen LogP contribution in [0.15, 0.2) is 24.3 Å². The average Bonchev–Trinajstić information content (AvgIpc) is 2.66. The van der Waals surface area contributed by atoms with Gasteiger partial charge in [0.25, 0.3) is 0 Å². The van der Waals surface area contributed by atoms with E-state index in [4.69, 9.17) is 0 Å². The number of fused-ring (bicyclic) bond motifs is 1. The van der Waals surface area contributed by atoms with Crippen LogP contribution in [0.5, 0.6) is 0 Å². The molecule has 2 amide bonds. The Bertz CT molecular complexity index is 816. The second-order valence-corrected chi connectivity index (χ2v) is 9.43. The van der Waals surface area contributed by atoms with Gasteiger partial charge in [0, 0.05) is 32.1 Å². The molecule has 0 unspecified atom stereocenters. The molecule has 2 aliphatic heterocycles. The van der Waals surface area contributed by atoms with Crippen molar-refractivity contribution in [2.24, 2.45) is 5.92 Å². The summed E-state index contributed by atoms with van der Waals surface area (Å²) < 4.78 is 24.5. The van der Waals surface area contributed by atoms with Gasteiger partial charge in [-0.05, 0) is 37.3 Å². The van der Waals surface area contributed by atoms with Crippen LogP contribution in [-0.2, 0) is 32.6 Å². The molecule has 8 heteroatoms. The van der Waals surface area contributed by atoms with Crippen LogP contribution in [-0.4, -0.2) is 61.4 Å². The van der Waals surface area contributed by atoms with E-state index < -0.39 is 16.1 Å². The molecular weight excluding hydrogens is 366 g/mol. The summed E-state index contributed by atoms with van der Waals surface area (Å²) in [4.78, 5) is 27.0. The molecule has 1 aromatic rings. The molecule has 1 fully saturated rings. The van der Waals surface area contributed by atoms with E-state index in [2.05, 4.69) is 11.4 Å². The highest BCUT2D eigenvalue weighted by Crippen LogP contribution is 2.21.